The van der Waals surface area contributed by atoms with E-state index in [2.05, 4.69) is 21.8 Å². The van der Waals surface area contributed by atoms with E-state index in [4.69, 9.17) is 0 Å². The first kappa shape index (κ1) is 9.44. The molecule has 3 heteroatoms. The van der Waals surface area contributed by atoms with Crippen molar-refractivity contribution in [2.24, 2.45) is 5.92 Å². The minimum Gasteiger partial charge on any atom is -0.341 e. The van der Waals surface area contributed by atoms with Gasteiger partial charge in [0.1, 0.15) is 0 Å². The SMILES string of the molecule is CCC1CCCN(c2ncccn2)C1. The maximum Gasteiger partial charge on any atom is 0.225 e. The summed E-state index contributed by atoms with van der Waals surface area (Å²) < 4.78 is 0. The van der Waals surface area contributed by atoms with Crippen LogP contribution in [0.15, 0.2) is 18.5 Å². The Hall–Kier alpha value is -1.12. The van der Waals surface area contributed by atoms with Crippen LogP contribution in [0.5, 0.6) is 0 Å². The van der Waals surface area contributed by atoms with Gasteiger partial charge >= 0.3 is 0 Å². The number of piperidine rings is 1. The summed E-state index contributed by atoms with van der Waals surface area (Å²) in [4.78, 5) is 10.9. The zero-order chi connectivity index (χ0) is 9.80. The van der Waals surface area contributed by atoms with Crippen LogP contribution >= 0.6 is 0 Å². The van der Waals surface area contributed by atoms with Gasteiger partial charge in [-0.2, -0.15) is 0 Å². The second-order valence-electron chi connectivity index (χ2n) is 3.91. The van der Waals surface area contributed by atoms with Gasteiger partial charge < -0.3 is 4.90 Å². The molecule has 0 N–H and O–H groups in total. The molecule has 1 fully saturated rings. The number of nitrogens with zero attached hydrogens (tertiary/aromatic N) is 3. The highest BCUT2D eigenvalue weighted by Crippen LogP contribution is 2.21. The molecule has 0 aliphatic carbocycles. The highest BCUT2D eigenvalue weighted by atomic mass is 15.2. The van der Waals surface area contributed by atoms with Crippen LogP contribution in [0.3, 0.4) is 0 Å². The highest BCUT2D eigenvalue weighted by molar-refractivity contribution is 5.28. The first-order valence-electron chi connectivity index (χ1n) is 5.42. The molecule has 0 radical (unpaired) electrons. The van der Waals surface area contributed by atoms with Crippen molar-refractivity contribution in [3.8, 4) is 0 Å². The Morgan fingerprint density at radius 3 is 2.93 bits per heavy atom. The third-order valence-corrected chi connectivity index (χ3v) is 2.93. The van der Waals surface area contributed by atoms with Crippen molar-refractivity contribution in [1.82, 2.24) is 9.97 Å². The fourth-order valence-electron chi connectivity index (χ4n) is 2.03. The van der Waals surface area contributed by atoms with Crippen molar-refractivity contribution >= 4 is 5.95 Å². The van der Waals surface area contributed by atoms with Gasteiger partial charge in [0.25, 0.3) is 0 Å². The smallest absolute Gasteiger partial charge is 0.225 e. The fraction of sp³-hybridized carbons (Fsp3) is 0.636. The van der Waals surface area contributed by atoms with Crippen LogP contribution in [0.4, 0.5) is 5.95 Å². The number of hydrogen-bond acceptors (Lipinski definition) is 3. The number of anilines is 1. The van der Waals surface area contributed by atoms with Gasteiger partial charge in [-0.05, 0) is 24.8 Å². The number of hydrogen-bond donors (Lipinski definition) is 0. The summed E-state index contributed by atoms with van der Waals surface area (Å²) in [7, 11) is 0. The molecular formula is C11H17N3. The lowest BCUT2D eigenvalue weighted by Gasteiger charge is -2.32. The van der Waals surface area contributed by atoms with Gasteiger partial charge in [-0.1, -0.05) is 13.3 Å². The maximum atomic E-state index is 4.29. The fourth-order valence-corrected chi connectivity index (χ4v) is 2.03. The van der Waals surface area contributed by atoms with E-state index in [1.165, 1.54) is 19.3 Å². The zero-order valence-corrected chi connectivity index (χ0v) is 8.69. The second-order valence-corrected chi connectivity index (χ2v) is 3.91. The summed E-state index contributed by atoms with van der Waals surface area (Å²) >= 11 is 0. The molecule has 1 aromatic heterocycles. The van der Waals surface area contributed by atoms with Crippen LogP contribution in [-0.4, -0.2) is 23.1 Å². The number of rotatable bonds is 2. The summed E-state index contributed by atoms with van der Waals surface area (Å²) in [6, 6.07) is 1.87. The van der Waals surface area contributed by atoms with Crippen LogP contribution in [-0.2, 0) is 0 Å². The van der Waals surface area contributed by atoms with E-state index < -0.39 is 0 Å². The van der Waals surface area contributed by atoms with Crippen molar-refractivity contribution in [2.75, 3.05) is 18.0 Å². The molecule has 1 aromatic rings. The summed E-state index contributed by atoms with van der Waals surface area (Å²) in [5.74, 6) is 1.72. The third-order valence-electron chi connectivity index (χ3n) is 2.93. The highest BCUT2D eigenvalue weighted by Gasteiger charge is 2.19. The largest absolute Gasteiger partial charge is 0.341 e. The van der Waals surface area contributed by atoms with Crippen LogP contribution in [0.1, 0.15) is 26.2 Å². The van der Waals surface area contributed by atoms with Gasteiger partial charge in [-0.25, -0.2) is 9.97 Å². The van der Waals surface area contributed by atoms with E-state index in [9.17, 15) is 0 Å². The normalized spacial score (nSPS) is 22.4. The van der Waals surface area contributed by atoms with Gasteiger partial charge in [0, 0.05) is 25.5 Å². The molecule has 14 heavy (non-hydrogen) atoms. The molecule has 1 atom stereocenters. The van der Waals surface area contributed by atoms with Crippen LogP contribution < -0.4 is 4.90 Å². The minimum atomic E-state index is 0.826. The van der Waals surface area contributed by atoms with E-state index in [0.717, 1.165) is 25.0 Å². The minimum absolute atomic E-state index is 0.826. The van der Waals surface area contributed by atoms with Crippen molar-refractivity contribution in [3.05, 3.63) is 18.5 Å². The molecule has 0 spiro atoms. The summed E-state index contributed by atoms with van der Waals surface area (Å²) in [6.45, 7) is 4.50. The molecule has 1 aliphatic heterocycles. The first-order valence-corrected chi connectivity index (χ1v) is 5.42. The third kappa shape index (κ3) is 2.03. The van der Waals surface area contributed by atoms with Crippen molar-refractivity contribution in [3.63, 3.8) is 0 Å². The average Bonchev–Trinajstić information content (AvgIpc) is 2.30. The Bertz CT molecular complexity index is 273. The molecule has 1 unspecified atom stereocenters. The van der Waals surface area contributed by atoms with Crippen molar-refractivity contribution in [2.45, 2.75) is 26.2 Å². The molecule has 76 valence electrons. The van der Waals surface area contributed by atoms with Gasteiger partial charge in [-0.15, -0.1) is 0 Å². The van der Waals surface area contributed by atoms with Gasteiger partial charge in [0.15, 0.2) is 0 Å². The molecule has 2 heterocycles. The van der Waals surface area contributed by atoms with E-state index in [1.807, 2.05) is 18.5 Å². The Labute approximate surface area is 85.2 Å². The summed E-state index contributed by atoms with van der Waals surface area (Å²) in [5, 5.41) is 0. The Morgan fingerprint density at radius 1 is 1.43 bits per heavy atom. The van der Waals surface area contributed by atoms with E-state index >= 15 is 0 Å². The average molecular weight is 191 g/mol. The molecule has 2 rings (SSSR count). The first-order chi connectivity index (χ1) is 6.90. The van der Waals surface area contributed by atoms with Gasteiger partial charge in [0.05, 0.1) is 0 Å². The molecule has 0 bridgehead atoms. The van der Waals surface area contributed by atoms with Crippen molar-refractivity contribution in [1.29, 1.82) is 0 Å². The Kier molecular flexibility index (Phi) is 2.96. The summed E-state index contributed by atoms with van der Waals surface area (Å²) in [6.07, 6.45) is 7.54. The maximum absolute atomic E-state index is 4.29. The predicted octanol–water partition coefficient (Wildman–Crippen LogP) is 2.10. The van der Waals surface area contributed by atoms with E-state index in [1.54, 1.807) is 0 Å². The lowest BCUT2D eigenvalue weighted by atomic mass is 9.96. The lowest BCUT2D eigenvalue weighted by molar-refractivity contribution is 0.401. The predicted molar refractivity (Wildman–Crippen MR) is 57.3 cm³/mol. The molecule has 0 aromatic carbocycles. The van der Waals surface area contributed by atoms with E-state index in [0.29, 0.717) is 0 Å². The quantitative estimate of drug-likeness (QED) is 0.717. The van der Waals surface area contributed by atoms with Crippen LogP contribution in [0.25, 0.3) is 0 Å². The molecular weight excluding hydrogens is 174 g/mol. The second kappa shape index (κ2) is 4.40. The molecule has 0 amide bonds. The molecule has 0 saturated carbocycles. The van der Waals surface area contributed by atoms with E-state index in [-0.39, 0.29) is 0 Å². The molecule has 1 saturated heterocycles. The van der Waals surface area contributed by atoms with Crippen LogP contribution in [0, 0.1) is 5.92 Å². The monoisotopic (exact) mass is 191 g/mol. The lowest BCUT2D eigenvalue weighted by Crippen LogP contribution is -2.36. The Morgan fingerprint density at radius 2 is 2.21 bits per heavy atom. The number of aromatic nitrogens is 2. The molecule has 3 nitrogen and oxygen atoms in total. The standard InChI is InChI=1S/C11H17N3/c1-2-10-5-3-8-14(9-10)11-12-6-4-7-13-11/h4,6-7,10H,2-3,5,8-9H2,1H3. The Balaban J connectivity index is 2.04. The zero-order valence-electron chi connectivity index (χ0n) is 8.69. The van der Waals surface area contributed by atoms with Crippen LogP contribution in [0.2, 0.25) is 0 Å². The summed E-state index contributed by atoms with van der Waals surface area (Å²) in [5.41, 5.74) is 0. The molecule has 1 aliphatic rings. The topological polar surface area (TPSA) is 29.0 Å². The van der Waals surface area contributed by atoms with Gasteiger partial charge in [-0.3, -0.25) is 0 Å². The van der Waals surface area contributed by atoms with Gasteiger partial charge in [0.2, 0.25) is 5.95 Å². The van der Waals surface area contributed by atoms with Crippen molar-refractivity contribution < 1.29 is 0 Å².